The Bertz CT molecular complexity index is 814. The van der Waals surface area contributed by atoms with Crippen molar-refractivity contribution >= 4 is 21.6 Å². The number of aromatic nitrogens is 2. The van der Waals surface area contributed by atoms with Gasteiger partial charge in [-0.3, -0.25) is 0 Å². The molecule has 0 aliphatic rings. The molecule has 2 rings (SSSR count). The Hall–Kier alpha value is -2.48. The van der Waals surface area contributed by atoms with E-state index >= 15 is 0 Å². The minimum Gasteiger partial charge on any atom is -0.476 e. The van der Waals surface area contributed by atoms with E-state index in [2.05, 4.69) is 9.97 Å². The van der Waals surface area contributed by atoms with E-state index in [4.69, 9.17) is 10.8 Å². The lowest BCUT2D eigenvalue weighted by atomic mass is 10.1. The molecule has 0 aliphatic carbocycles. The van der Waals surface area contributed by atoms with Crippen molar-refractivity contribution in [2.24, 2.45) is 0 Å². The number of nitrogens with zero attached hydrogens (tertiary/aromatic N) is 2. The molecular weight excluding hydrogens is 306 g/mol. The molecule has 0 atom stereocenters. The van der Waals surface area contributed by atoms with Crippen molar-refractivity contribution < 1.29 is 18.3 Å². The number of nitrogens with two attached hydrogens (primary N) is 1. The molecule has 8 heteroatoms. The fraction of sp³-hybridized carbons (Fsp3) is 0.214. The quantitative estimate of drug-likeness (QED) is 0.876. The van der Waals surface area contributed by atoms with Crippen LogP contribution in [0.25, 0.3) is 11.3 Å². The highest BCUT2D eigenvalue weighted by Gasteiger charge is 2.19. The zero-order valence-electron chi connectivity index (χ0n) is 12.0. The first-order valence-corrected chi connectivity index (χ1v) is 7.98. The molecule has 0 fully saturated rings. The van der Waals surface area contributed by atoms with E-state index in [0.29, 0.717) is 11.3 Å². The number of rotatable bonds is 4. The molecule has 0 radical (unpaired) electrons. The van der Waals surface area contributed by atoms with E-state index in [1.807, 2.05) is 0 Å². The zero-order valence-corrected chi connectivity index (χ0v) is 12.8. The van der Waals surface area contributed by atoms with Crippen LogP contribution in [-0.4, -0.2) is 34.7 Å². The Morgan fingerprint density at radius 2 is 1.82 bits per heavy atom. The Morgan fingerprint density at radius 3 is 2.32 bits per heavy atom. The second-order valence-corrected chi connectivity index (χ2v) is 7.42. The van der Waals surface area contributed by atoms with E-state index < -0.39 is 21.1 Å². The first-order chi connectivity index (χ1) is 10.2. The van der Waals surface area contributed by atoms with Crippen LogP contribution in [0.15, 0.2) is 35.4 Å². The Kier molecular flexibility index (Phi) is 4.14. The molecule has 0 aliphatic heterocycles. The molecule has 0 amide bonds. The van der Waals surface area contributed by atoms with Gasteiger partial charge in [-0.1, -0.05) is 12.1 Å². The van der Waals surface area contributed by atoms with E-state index in [1.165, 1.54) is 18.3 Å². The number of sulfone groups is 1. The summed E-state index contributed by atoms with van der Waals surface area (Å²) in [7, 11) is -3.35. The molecule has 1 heterocycles. The lowest BCUT2D eigenvalue weighted by molar-refractivity contribution is 0.0691. The number of hydrogen-bond acceptors (Lipinski definition) is 6. The van der Waals surface area contributed by atoms with Crippen LogP contribution < -0.4 is 5.73 Å². The van der Waals surface area contributed by atoms with E-state index in [-0.39, 0.29) is 16.4 Å². The number of nitrogen functional groups attached to an aromatic ring is 1. The standard InChI is InChI=1S/C14H15N3O4S/c1-8(2)22(20,21)10-5-3-9(4-6-10)11-7-16-13(15)12(17-11)14(18)19/h3-8H,1-2H3,(H2,15,16)(H,18,19). The van der Waals surface area contributed by atoms with Crippen LogP contribution in [0.2, 0.25) is 0 Å². The summed E-state index contributed by atoms with van der Waals surface area (Å²) in [5.74, 6) is -1.44. The van der Waals surface area contributed by atoms with Crippen LogP contribution in [0.5, 0.6) is 0 Å². The van der Waals surface area contributed by atoms with Gasteiger partial charge in [0.1, 0.15) is 0 Å². The summed E-state index contributed by atoms with van der Waals surface area (Å²) in [5, 5.41) is 8.47. The minimum atomic E-state index is -3.35. The molecule has 3 N–H and O–H groups in total. The average Bonchev–Trinajstić information content (AvgIpc) is 2.47. The highest BCUT2D eigenvalue weighted by Crippen LogP contribution is 2.22. The topological polar surface area (TPSA) is 123 Å². The van der Waals surface area contributed by atoms with Gasteiger partial charge in [-0.2, -0.15) is 0 Å². The van der Waals surface area contributed by atoms with Gasteiger partial charge >= 0.3 is 5.97 Å². The third-order valence-corrected chi connectivity index (χ3v) is 5.27. The highest BCUT2D eigenvalue weighted by atomic mass is 32.2. The van der Waals surface area contributed by atoms with Crippen LogP contribution in [0.3, 0.4) is 0 Å². The molecule has 0 saturated heterocycles. The van der Waals surface area contributed by atoms with Crippen LogP contribution in [0, 0.1) is 0 Å². The van der Waals surface area contributed by atoms with Crippen molar-refractivity contribution in [3.05, 3.63) is 36.2 Å². The number of aromatic carboxylic acids is 1. The number of carboxylic acids is 1. The summed E-state index contributed by atoms with van der Waals surface area (Å²) < 4.78 is 24.1. The summed E-state index contributed by atoms with van der Waals surface area (Å²) >= 11 is 0. The SMILES string of the molecule is CC(C)S(=O)(=O)c1ccc(-c2cnc(N)c(C(=O)O)n2)cc1. The van der Waals surface area contributed by atoms with E-state index in [1.54, 1.807) is 26.0 Å². The number of carboxylic acid groups (broad SMARTS) is 1. The van der Waals surface area contributed by atoms with Crippen molar-refractivity contribution in [1.29, 1.82) is 0 Å². The normalized spacial score (nSPS) is 11.6. The van der Waals surface area contributed by atoms with Gasteiger partial charge in [0.25, 0.3) is 0 Å². The second kappa shape index (κ2) is 5.72. The lowest BCUT2D eigenvalue weighted by Gasteiger charge is -2.09. The maximum atomic E-state index is 12.0. The van der Waals surface area contributed by atoms with Crippen molar-refractivity contribution in [3.63, 3.8) is 0 Å². The fourth-order valence-electron chi connectivity index (χ4n) is 1.78. The average molecular weight is 321 g/mol. The number of carbonyl (C=O) groups is 1. The smallest absolute Gasteiger partial charge is 0.358 e. The van der Waals surface area contributed by atoms with Gasteiger partial charge in [0.15, 0.2) is 21.3 Å². The molecule has 1 aromatic carbocycles. The largest absolute Gasteiger partial charge is 0.476 e. The summed E-state index contributed by atoms with van der Waals surface area (Å²) in [6.07, 6.45) is 1.34. The van der Waals surface area contributed by atoms with Crippen molar-refractivity contribution in [2.45, 2.75) is 24.0 Å². The number of benzene rings is 1. The number of anilines is 1. The summed E-state index contributed by atoms with van der Waals surface area (Å²) in [4.78, 5) is 18.9. The highest BCUT2D eigenvalue weighted by molar-refractivity contribution is 7.92. The Morgan fingerprint density at radius 1 is 1.23 bits per heavy atom. The first-order valence-electron chi connectivity index (χ1n) is 6.43. The molecule has 0 unspecified atom stereocenters. The Labute approximate surface area is 127 Å². The van der Waals surface area contributed by atoms with E-state index in [9.17, 15) is 13.2 Å². The van der Waals surface area contributed by atoms with Gasteiger partial charge in [0.05, 0.1) is 22.0 Å². The summed E-state index contributed by atoms with van der Waals surface area (Å²) in [5.41, 5.74) is 5.97. The van der Waals surface area contributed by atoms with Gasteiger partial charge in [-0.15, -0.1) is 0 Å². The third-order valence-electron chi connectivity index (χ3n) is 3.10. The summed E-state index contributed by atoms with van der Waals surface area (Å²) in [6, 6.07) is 6.04. The van der Waals surface area contributed by atoms with Gasteiger partial charge in [0, 0.05) is 5.56 Å². The Balaban J connectivity index is 2.44. The fourth-order valence-corrected chi connectivity index (χ4v) is 2.84. The molecule has 1 aromatic heterocycles. The van der Waals surface area contributed by atoms with Gasteiger partial charge in [-0.05, 0) is 26.0 Å². The molecular formula is C14H15N3O4S. The van der Waals surface area contributed by atoms with Crippen molar-refractivity contribution in [1.82, 2.24) is 9.97 Å². The van der Waals surface area contributed by atoms with Crippen LogP contribution in [0.1, 0.15) is 24.3 Å². The zero-order chi connectivity index (χ0) is 16.5. The van der Waals surface area contributed by atoms with Gasteiger partial charge < -0.3 is 10.8 Å². The molecule has 0 bridgehead atoms. The molecule has 7 nitrogen and oxygen atoms in total. The monoisotopic (exact) mass is 321 g/mol. The van der Waals surface area contributed by atoms with Crippen molar-refractivity contribution in [2.75, 3.05) is 5.73 Å². The van der Waals surface area contributed by atoms with Gasteiger partial charge in [0.2, 0.25) is 0 Å². The molecule has 116 valence electrons. The molecule has 22 heavy (non-hydrogen) atoms. The summed E-state index contributed by atoms with van der Waals surface area (Å²) in [6.45, 7) is 3.21. The molecule has 0 spiro atoms. The number of hydrogen-bond donors (Lipinski definition) is 2. The first kappa shape index (κ1) is 15.9. The molecule has 2 aromatic rings. The minimum absolute atomic E-state index is 0.171. The predicted octanol–water partition coefficient (Wildman–Crippen LogP) is 1.61. The van der Waals surface area contributed by atoms with Crippen LogP contribution >= 0.6 is 0 Å². The predicted molar refractivity (Wildman–Crippen MR) is 81.2 cm³/mol. The lowest BCUT2D eigenvalue weighted by Crippen LogP contribution is -2.13. The molecule has 0 saturated carbocycles. The van der Waals surface area contributed by atoms with Crippen molar-refractivity contribution in [3.8, 4) is 11.3 Å². The maximum Gasteiger partial charge on any atom is 0.358 e. The third kappa shape index (κ3) is 2.91. The van der Waals surface area contributed by atoms with E-state index in [0.717, 1.165) is 0 Å². The van der Waals surface area contributed by atoms with Crippen LogP contribution in [0.4, 0.5) is 5.82 Å². The second-order valence-electron chi connectivity index (χ2n) is 4.91. The van der Waals surface area contributed by atoms with Crippen LogP contribution in [-0.2, 0) is 9.84 Å². The van der Waals surface area contributed by atoms with Gasteiger partial charge in [-0.25, -0.2) is 23.2 Å². The maximum absolute atomic E-state index is 12.0.